The minimum absolute atomic E-state index is 0.0891. The second-order valence-electron chi connectivity index (χ2n) is 5.58. The highest BCUT2D eigenvalue weighted by Gasteiger charge is 2.19. The fraction of sp³-hybridized carbons (Fsp3) is 0.278. The third-order valence-corrected chi connectivity index (χ3v) is 4.04. The molecule has 0 bridgehead atoms. The lowest BCUT2D eigenvalue weighted by Crippen LogP contribution is -2.36. The highest BCUT2D eigenvalue weighted by molar-refractivity contribution is 6.30. The number of halogens is 1. The zero-order valence-corrected chi connectivity index (χ0v) is 15.7. The molecule has 0 radical (unpaired) electrons. The van der Waals surface area contributed by atoms with Gasteiger partial charge in [0.2, 0.25) is 0 Å². The van der Waals surface area contributed by atoms with Crippen LogP contribution in [0.4, 0.5) is 10.5 Å². The van der Waals surface area contributed by atoms with Crippen molar-refractivity contribution in [2.24, 2.45) is 0 Å². The number of amides is 2. The average molecular weight is 394 g/mol. The Bertz CT molecular complexity index is 829. The van der Waals surface area contributed by atoms with Gasteiger partial charge in [-0.05, 0) is 30.2 Å². The van der Waals surface area contributed by atoms with Crippen LogP contribution in [-0.4, -0.2) is 31.7 Å². The van der Waals surface area contributed by atoms with Crippen LogP contribution in [0, 0.1) is 10.1 Å². The summed E-state index contributed by atoms with van der Waals surface area (Å²) in [4.78, 5) is 22.7. The second-order valence-corrected chi connectivity index (χ2v) is 6.02. The Morgan fingerprint density at radius 3 is 2.48 bits per heavy atom. The summed E-state index contributed by atoms with van der Waals surface area (Å²) in [5.41, 5.74) is 1.22. The number of nitrogens with one attached hydrogen (secondary N) is 2. The third kappa shape index (κ3) is 5.75. The number of hydrogen-bond acceptors (Lipinski definition) is 5. The van der Waals surface area contributed by atoms with Crippen LogP contribution in [0.3, 0.4) is 0 Å². The SMILES string of the molecule is COc1cc(CCNC(=O)NCc2cccc(Cl)c2)c([N+](=O)[O-])cc1OC. The Morgan fingerprint density at radius 2 is 1.85 bits per heavy atom. The van der Waals surface area contributed by atoms with Gasteiger partial charge in [0.25, 0.3) is 5.69 Å². The van der Waals surface area contributed by atoms with Gasteiger partial charge < -0.3 is 20.1 Å². The fourth-order valence-electron chi connectivity index (χ4n) is 2.48. The van der Waals surface area contributed by atoms with Crippen molar-refractivity contribution in [1.29, 1.82) is 0 Å². The van der Waals surface area contributed by atoms with E-state index in [9.17, 15) is 14.9 Å². The summed E-state index contributed by atoms with van der Waals surface area (Å²) in [5, 5.41) is 17.2. The number of nitro benzene ring substituents is 1. The zero-order chi connectivity index (χ0) is 19.8. The van der Waals surface area contributed by atoms with Gasteiger partial charge in [-0.1, -0.05) is 23.7 Å². The molecule has 0 saturated carbocycles. The number of nitrogens with zero attached hydrogens (tertiary/aromatic N) is 1. The van der Waals surface area contributed by atoms with Crippen molar-refractivity contribution >= 4 is 23.3 Å². The summed E-state index contributed by atoms with van der Waals surface area (Å²) in [5.74, 6) is 0.670. The molecule has 0 saturated heterocycles. The van der Waals surface area contributed by atoms with Crippen molar-refractivity contribution in [3.8, 4) is 11.5 Å². The molecule has 0 aliphatic heterocycles. The van der Waals surface area contributed by atoms with E-state index in [0.717, 1.165) is 5.56 Å². The Balaban J connectivity index is 1.93. The largest absolute Gasteiger partial charge is 0.493 e. The number of benzene rings is 2. The van der Waals surface area contributed by atoms with Crippen LogP contribution in [0.25, 0.3) is 0 Å². The molecule has 0 unspecified atom stereocenters. The first-order valence-corrected chi connectivity index (χ1v) is 8.47. The maximum absolute atomic E-state index is 11.9. The Morgan fingerprint density at radius 1 is 1.15 bits per heavy atom. The monoisotopic (exact) mass is 393 g/mol. The van der Waals surface area contributed by atoms with Crippen molar-refractivity contribution in [1.82, 2.24) is 10.6 Å². The number of urea groups is 1. The Kier molecular flexibility index (Phi) is 7.25. The predicted molar refractivity (Wildman–Crippen MR) is 102 cm³/mol. The van der Waals surface area contributed by atoms with Crippen LogP contribution in [0.1, 0.15) is 11.1 Å². The maximum atomic E-state index is 11.9. The second kappa shape index (κ2) is 9.63. The van der Waals surface area contributed by atoms with E-state index in [2.05, 4.69) is 10.6 Å². The first kappa shape index (κ1) is 20.3. The molecule has 27 heavy (non-hydrogen) atoms. The Hall–Kier alpha value is -3.00. The quantitative estimate of drug-likeness (QED) is 0.529. The lowest BCUT2D eigenvalue weighted by Gasteiger charge is -2.11. The molecule has 2 amide bonds. The summed E-state index contributed by atoms with van der Waals surface area (Å²) in [6.07, 6.45) is 0.265. The average Bonchev–Trinajstić information content (AvgIpc) is 2.65. The summed E-state index contributed by atoms with van der Waals surface area (Å²) in [6.45, 7) is 0.542. The maximum Gasteiger partial charge on any atom is 0.315 e. The van der Waals surface area contributed by atoms with Crippen LogP contribution >= 0.6 is 11.6 Å². The first-order valence-electron chi connectivity index (χ1n) is 8.10. The molecule has 2 aromatic rings. The highest BCUT2D eigenvalue weighted by Crippen LogP contribution is 2.34. The molecule has 0 aliphatic carbocycles. The standard InChI is InChI=1S/C18H20ClN3O5/c1-26-16-9-13(15(22(24)25)10-17(16)27-2)6-7-20-18(23)21-11-12-4-3-5-14(19)8-12/h3-5,8-10H,6-7,11H2,1-2H3,(H2,20,21,23). The van der Waals surface area contributed by atoms with Crippen molar-refractivity contribution < 1.29 is 19.2 Å². The van der Waals surface area contributed by atoms with Gasteiger partial charge in [-0.2, -0.15) is 0 Å². The topological polar surface area (TPSA) is 103 Å². The molecule has 0 spiro atoms. The van der Waals surface area contributed by atoms with Crippen LogP contribution in [0.2, 0.25) is 5.02 Å². The van der Waals surface area contributed by atoms with Gasteiger partial charge in [0.15, 0.2) is 11.5 Å². The number of methoxy groups -OCH3 is 2. The van der Waals surface area contributed by atoms with Crippen LogP contribution in [-0.2, 0) is 13.0 Å². The molecule has 0 aliphatic rings. The predicted octanol–water partition coefficient (Wildman–Crippen LogP) is 3.31. The lowest BCUT2D eigenvalue weighted by molar-refractivity contribution is -0.385. The smallest absolute Gasteiger partial charge is 0.315 e. The van der Waals surface area contributed by atoms with E-state index in [1.807, 2.05) is 6.07 Å². The summed E-state index contributed by atoms with van der Waals surface area (Å²) in [7, 11) is 2.86. The van der Waals surface area contributed by atoms with Crippen molar-refractivity contribution in [3.63, 3.8) is 0 Å². The number of carbonyl (C=O) groups excluding carboxylic acids is 1. The molecule has 2 rings (SSSR count). The molecule has 9 heteroatoms. The normalized spacial score (nSPS) is 10.2. The molecular formula is C18H20ClN3O5. The van der Waals surface area contributed by atoms with Gasteiger partial charge in [-0.25, -0.2) is 4.79 Å². The molecular weight excluding hydrogens is 374 g/mol. The molecule has 144 valence electrons. The van der Waals surface area contributed by atoms with Gasteiger partial charge in [-0.15, -0.1) is 0 Å². The molecule has 0 heterocycles. The lowest BCUT2D eigenvalue weighted by atomic mass is 10.1. The van der Waals surface area contributed by atoms with Crippen LogP contribution < -0.4 is 20.1 Å². The van der Waals surface area contributed by atoms with Gasteiger partial charge in [0, 0.05) is 23.7 Å². The van der Waals surface area contributed by atoms with Gasteiger partial charge in [0.05, 0.1) is 25.2 Å². The van der Waals surface area contributed by atoms with Crippen LogP contribution in [0.5, 0.6) is 11.5 Å². The first-order chi connectivity index (χ1) is 12.9. The molecule has 8 nitrogen and oxygen atoms in total. The number of nitro groups is 1. The van der Waals surface area contributed by atoms with Gasteiger partial charge in [-0.3, -0.25) is 10.1 Å². The molecule has 2 N–H and O–H groups in total. The molecule has 0 atom stereocenters. The highest BCUT2D eigenvalue weighted by atomic mass is 35.5. The number of carbonyl (C=O) groups is 1. The number of ether oxygens (including phenoxy) is 2. The zero-order valence-electron chi connectivity index (χ0n) is 15.0. The van der Waals surface area contributed by atoms with Crippen molar-refractivity contribution in [2.45, 2.75) is 13.0 Å². The van der Waals surface area contributed by atoms with E-state index >= 15 is 0 Å². The number of rotatable bonds is 8. The van der Waals surface area contributed by atoms with E-state index in [0.29, 0.717) is 22.9 Å². The Labute approximate surface area is 161 Å². The summed E-state index contributed by atoms with van der Waals surface area (Å²) < 4.78 is 10.3. The van der Waals surface area contributed by atoms with E-state index in [1.54, 1.807) is 24.3 Å². The van der Waals surface area contributed by atoms with Crippen molar-refractivity contribution in [2.75, 3.05) is 20.8 Å². The number of hydrogen-bond donors (Lipinski definition) is 2. The van der Waals surface area contributed by atoms with Crippen LogP contribution in [0.15, 0.2) is 36.4 Å². The fourth-order valence-corrected chi connectivity index (χ4v) is 2.70. The van der Waals surface area contributed by atoms with E-state index < -0.39 is 4.92 Å². The summed E-state index contributed by atoms with van der Waals surface area (Å²) in [6, 6.07) is 9.64. The van der Waals surface area contributed by atoms with Gasteiger partial charge >= 0.3 is 6.03 Å². The molecule has 0 aromatic heterocycles. The van der Waals surface area contributed by atoms with E-state index in [1.165, 1.54) is 20.3 Å². The van der Waals surface area contributed by atoms with Gasteiger partial charge in [0.1, 0.15) is 0 Å². The van der Waals surface area contributed by atoms with Crippen molar-refractivity contribution in [3.05, 3.63) is 62.7 Å². The summed E-state index contributed by atoms with van der Waals surface area (Å²) >= 11 is 5.90. The third-order valence-electron chi connectivity index (χ3n) is 3.80. The molecule has 0 fully saturated rings. The van der Waals surface area contributed by atoms with E-state index in [4.69, 9.17) is 21.1 Å². The molecule has 2 aromatic carbocycles. The minimum atomic E-state index is -0.490. The van der Waals surface area contributed by atoms with E-state index in [-0.39, 0.29) is 30.4 Å². The minimum Gasteiger partial charge on any atom is -0.493 e.